The Balaban J connectivity index is 3.35. The van der Waals surface area contributed by atoms with Gasteiger partial charge in [0.15, 0.2) is 0 Å². The van der Waals surface area contributed by atoms with Gasteiger partial charge in [0.25, 0.3) is 0 Å². The molecule has 0 saturated heterocycles. The van der Waals surface area contributed by atoms with Crippen LogP contribution in [-0.2, 0) is 17.7 Å². The molecule has 0 aromatic rings. The molecule has 0 N–H and O–H groups in total. The third kappa shape index (κ3) is 11.8. The van der Waals surface area contributed by atoms with E-state index in [2.05, 4.69) is 13.1 Å². The van der Waals surface area contributed by atoms with Crippen molar-refractivity contribution in [2.75, 3.05) is 28.4 Å². The van der Waals surface area contributed by atoms with E-state index in [9.17, 15) is 0 Å². The van der Waals surface area contributed by atoms with Gasteiger partial charge in [-0.3, -0.25) is 0 Å². The first kappa shape index (κ1) is 24.3. The molecule has 0 spiro atoms. The standard InChI is InChI=1S/C18H42O4Si2/c1-19-23(5,20-2)17-15-13-11-9-7-8-10-12-14-16-18-24(6,21-3)22-4/h7-18H2,1-6H3. The first-order valence-electron chi connectivity index (χ1n) is 9.66. The lowest BCUT2D eigenvalue weighted by atomic mass is 10.1. The molecule has 0 radical (unpaired) electrons. The van der Waals surface area contributed by atoms with Crippen LogP contribution in [0, 0.1) is 0 Å². The zero-order valence-corrected chi connectivity index (χ0v) is 19.1. The van der Waals surface area contributed by atoms with Crippen LogP contribution in [0.3, 0.4) is 0 Å². The molecule has 0 aliphatic carbocycles. The second-order valence-electron chi connectivity index (χ2n) is 7.12. The second kappa shape index (κ2) is 14.4. The van der Waals surface area contributed by atoms with Crippen molar-refractivity contribution in [2.24, 2.45) is 0 Å². The fraction of sp³-hybridized carbons (Fsp3) is 1.00. The monoisotopic (exact) mass is 378 g/mol. The van der Waals surface area contributed by atoms with Crippen LogP contribution in [0.4, 0.5) is 0 Å². The molecule has 0 rings (SSSR count). The summed E-state index contributed by atoms with van der Waals surface area (Å²) in [5.74, 6) is 0. The third-order valence-electron chi connectivity index (χ3n) is 5.24. The van der Waals surface area contributed by atoms with Crippen LogP contribution < -0.4 is 0 Å². The maximum atomic E-state index is 5.52. The van der Waals surface area contributed by atoms with E-state index in [1.54, 1.807) is 28.4 Å². The van der Waals surface area contributed by atoms with Gasteiger partial charge >= 0.3 is 17.1 Å². The van der Waals surface area contributed by atoms with E-state index in [0.717, 1.165) is 12.1 Å². The Morgan fingerprint density at radius 1 is 0.417 bits per heavy atom. The molecule has 0 amide bonds. The van der Waals surface area contributed by atoms with E-state index in [-0.39, 0.29) is 0 Å². The van der Waals surface area contributed by atoms with Gasteiger partial charge in [0, 0.05) is 28.4 Å². The predicted octanol–water partition coefficient (Wildman–Crippen LogP) is 5.62. The summed E-state index contributed by atoms with van der Waals surface area (Å²) >= 11 is 0. The Labute approximate surface area is 153 Å². The van der Waals surface area contributed by atoms with Gasteiger partial charge < -0.3 is 17.7 Å². The van der Waals surface area contributed by atoms with Crippen molar-refractivity contribution in [3.05, 3.63) is 0 Å². The van der Waals surface area contributed by atoms with Gasteiger partial charge in [0.1, 0.15) is 0 Å². The highest BCUT2D eigenvalue weighted by atomic mass is 28.4. The zero-order valence-electron chi connectivity index (χ0n) is 17.1. The SMILES string of the molecule is CO[Si](C)(CCCCCCCCCCCC[Si](C)(OC)OC)OC. The smallest absolute Gasteiger partial charge is 0.334 e. The normalized spacial score (nSPS) is 12.8. The fourth-order valence-corrected chi connectivity index (χ4v) is 5.82. The quantitative estimate of drug-likeness (QED) is 0.243. The Kier molecular flexibility index (Phi) is 14.6. The average molecular weight is 379 g/mol. The fourth-order valence-electron chi connectivity index (χ4n) is 2.88. The maximum absolute atomic E-state index is 5.52. The highest BCUT2D eigenvalue weighted by Crippen LogP contribution is 2.19. The van der Waals surface area contributed by atoms with E-state index >= 15 is 0 Å². The van der Waals surface area contributed by atoms with Crippen LogP contribution >= 0.6 is 0 Å². The van der Waals surface area contributed by atoms with Crippen molar-refractivity contribution < 1.29 is 17.7 Å². The van der Waals surface area contributed by atoms with E-state index in [4.69, 9.17) is 17.7 Å². The lowest BCUT2D eigenvalue weighted by molar-refractivity contribution is 0.247. The van der Waals surface area contributed by atoms with Gasteiger partial charge in [0.05, 0.1) is 0 Å². The van der Waals surface area contributed by atoms with E-state index in [0.29, 0.717) is 0 Å². The zero-order chi connectivity index (χ0) is 18.3. The van der Waals surface area contributed by atoms with Gasteiger partial charge in [-0.2, -0.15) is 0 Å². The Hall–Kier alpha value is 0.274. The average Bonchev–Trinajstić information content (AvgIpc) is 2.62. The van der Waals surface area contributed by atoms with Crippen LogP contribution in [0.25, 0.3) is 0 Å². The minimum Gasteiger partial charge on any atom is -0.398 e. The summed E-state index contributed by atoms with van der Waals surface area (Å²) in [5.41, 5.74) is 0. The van der Waals surface area contributed by atoms with Crippen LogP contribution in [0.15, 0.2) is 0 Å². The predicted molar refractivity (Wildman–Crippen MR) is 107 cm³/mol. The van der Waals surface area contributed by atoms with Crippen molar-refractivity contribution in [2.45, 2.75) is 89.4 Å². The number of hydrogen-bond acceptors (Lipinski definition) is 4. The molecular weight excluding hydrogens is 336 g/mol. The first-order valence-corrected chi connectivity index (χ1v) is 14.7. The molecule has 0 aromatic heterocycles. The maximum Gasteiger partial charge on any atom is 0.334 e. The Bertz CT molecular complexity index is 254. The van der Waals surface area contributed by atoms with Gasteiger partial charge in [0.2, 0.25) is 0 Å². The molecular formula is C18H42O4Si2. The molecule has 0 aliphatic heterocycles. The first-order chi connectivity index (χ1) is 11.4. The van der Waals surface area contributed by atoms with Crippen molar-refractivity contribution in [3.8, 4) is 0 Å². The summed E-state index contributed by atoms with van der Waals surface area (Å²) in [6, 6.07) is 2.23. The molecule has 0 fully saturated rings. The van der Waals surface area contributed by atoms with Crippen LogP contribution in [0.1, 0.15) is 64.2 Å². The van der Waals surface area contributed by atoms with Crippen molar-refractivity contribution in [1.82, 2.24) is 0 Å². The third-order valence-corrected chi connectivity index (χ3v) is 11.2. The van der Waals surface area contributed by atoms with Gasteiger partial charge in [-0.05, 0) is 25.2 Å². The van der Waals surface area contributed by atoms with Crippen LogP contribution in [0.2, 0.25) is 25.2 Å². The van der Waals surface area contributed by atoms with Gasteiger partial charge in [-0.25, -0.2) is 0 Å². The Morgan fingerprint density at radius 2 is 0.625 bits per heavy atom. The largest absolute Gasteiger partial charge is 0.398 e. The number of unbranched alkanes of at least 4 members (excludes halogenated alkanes) is 9. The molecule has 146 valence electrons. The van der Waals surface area contributed by atoms with Crippen molar-refractivity contribution in [1.29, 1.82) is 0 Å². The van der Waals surface area contributed by atoms with Crippen molar-refractivity contribution >= 4 is 17.1 Å². The van der Waals surface area contributed by atoms with Gasteiger partial charge in [-0.15, -0.1) is 0 Å². The molecule has 0 atom stereocenters. The summed E-state index contributed by atoms with van der Waals surface area (Å²) in [6.45, 7) is 4.30. The molecule has 24 heavy (non-hydrogen) atoms. The van der Waals surface area contributed by atoms with E-state index in [1.807, 2.05) is 0 Å². The Morgan fingerprint density at radius 3 is 0.833 bits per heavy atom. The van der Waals surface area contributed by atoms with Crippen LogP contribution in [-0.4, -0.2) is 45.6 Å². The topological polar surface area (TPSA) is 36.9 Å². The second-order valence-corrected chi connectivity index (χ2v) is 14.3. The summed E-state index contributed by atoms with van der Waals surface area (Å²) in [5, 5.41) is 0. The molecule has 0 aliphatic rings. The number of rotatable bonds is 17. The van der Waals surface area contributed by atoms with Crippen LogP contribution in [0.5, 0.6) is 0 Å². The van der Waals surface area contributed by atoms with Gasteiger partial charge in [-0.1, -0.05) is 64.2 Å². The highest BCUT2D eigenvalue weighted by molar-refractivity contribution is 6.66. The van der Waals surface area contributed by atoms with E-state index < -0.39 is 17.1 Å². The molecule has 4 nitrogen and oxygen atoms in total. The lowest BCUT2D eigenvalue weighted by Gasteiger charge is -2.22. The van der Waals surface area contributed by atoms with Crippen molar-refractivity contribution in [3.63, 3.8) is 0 Å². The van der Waals surface area contributed by atoms with E-state index in [1.165, 1.54) is 64.2 Å². The summed E-state index contributed by atoms with van der Waals surface area (Å²) in [6.07, 6.45) is 13.3. The molecule has 0 bridgehead atoms. The molecule has 0 saturated carbocycles. The molecule has 0 heterocycles. The molecule has 0 aromatic carbocycles. The summed E-state index contributed by atoms with van der Waals surface area (Å²) in [4.78, 5) is 0. The molecule has 0 unspecified atom stereocenters. The number of hydrogen-bond donors (Lipinski definition) is 0. The minimum atomic E-state index is -1.83. The molecule has 6 heteroatoms. The highest BCUT2D eigenvalue weighted by Gasteiger charge is 2.28. The summed E-state index contributed by atoms with van der Waals surface area (Å²) < 4.78 is 22.1. The lowest BCUT2D eigenvalue weighted by Crippen LogP contribution is -2.35. The minimum absolute atomic E-state index is 1.12. The summed E-state index contributed by atoms with van der Waals surface area (Å²) in [7, 11) is 3.47.